The molecular formula is C22H20N5+. The van der Waals surface area contributed by atoms with Crippen LogP contribution in [0.1, 0.15) is 60.8 Å². The molecule has 0 spiro atoms. The number of benzene rings is 1. The van der Waals surface area contributed by atoms with E-state index in [1.807, 2.05) is 0 Å². The molecule has 0 bridgehead atoms. The lowest BCUT2D eigenvalue weighted by atomic mass is 9.92. The van der Waals surface area contributed by atoms with Gasteiger partial charge in [0.15, 0.2) is 5.82 Å². The summed E-state index contributed by atoms with van der Waals surface area (Å²) < 4.78 is 2.32. The highest BCUT2D eigenvalue weighted by molar-refractivity contribution is 5.94. The zero-order valence-corrected chi connectivity index (χ0v) is 15.1. The van der Waals surface area contributed by atoms with E-state index in [1.165, 1.54) is 24.8 Å². The van der Waals surface area contributed by atoms with Gasteiger partial charge in [-0.3, -0.25) is 0 Å². The number of nitrogens with zero attached hydrogens (tertiary/aromatic N) is 5. The quantitative estimate of drug-likeness (QED) is 0.660. The smallest absolute Gasteiger partial charge is 0.291 e. The van der Waals surface area contributed by atoms with Crippen LogP contribution in [0.25, 0.3) is 27.3 Å². The van der Waals surface area contributed by atoms with Crippen LogP contribution in [0.5, 0.6) is 0 Å². The molecule has 0 amide bonds. The Morgan fingerprint density at radius 3 is 2.56 bits per heavy atom. The highest BCUT2D eigenvalue weighted by Crippen LogP contribution is 2.45. The van der Waals surface area contributed by atoms with Crippen molar-refractivity contribution in [2.75, 3.05) is 0 Å². The lowest BCUT2D eigenvalue weighted by Gasteiger charge is -2.29. The van der Waals surface area contributed by atoms with Crippen LogP contribution >= 0.6 is 0 Å². The molecule has 3 aromatic rings. The first-order valence-electron chi connectivity index (χ1n) is 9.56. The van der Waals surface area contributed by atoms with Crippen LogP contribution in [-0.2, 0) is 6.54 Å². The highest BCUT2D eigenvalue weighted by atomic mass is 15.1. The van der Waals surface area contributed by atoms with Crippen LogP contribution in [-0.4, -0.2) is 14.5 Å². The Bertz CT molecular complexity index is 1100. The van der Waals surface area contributed by atoms with Gasteiger partial charge in [0.05, 0.1) is 16.6 Å². The zero-order chi connectivity index (χ0) is 18.4. The summed E-state index contributed by atoms with van der Waals surface area (Å²) in [5, 5.41) is 11.0. The van der Waals surface area contributed by atoms with E-state index in [0.717, 1.165) is 35.0 Å². The van der Waals surface area contributed by atoms with Crippen LogP contribution in [0.2, 0.25) is 0 Å². The molecule has 2 heterocycles. The van der Waals surface area contributed by atoms with Crippen molar-refractivity contribution in [2.24, 2.45) is 0 Å². The van der Waals surface area contributed by atoms with Crippen LogP contribution in [0.4, 0.5) is 0 Å². The fraction of sp³-hybridized carbons (Fsp3) is 0.364. The number of hydrogen-bond acceptors (Lipinski definition) is 3. The van der Waals surface area contributed by atoms with Gasteiger partial charge in [-0.2, -0.15) is 5.26 Å². The van der Waals surface area contributed by atoms with Gasteiger partial charge in [-0.15, -0.1) is 0 Å². The zero-order valence-electron chi connectivity index (χ0n) is 15.1. The average Bonchev–Trinajstić information content (AvgIpc) is 3.45. The van der Waals surface area contributed by atoms with E-state index in [9.17, 15) is 5.26 Å². The summed E-state index contributed by atoms with van der Waals surface area (Å²) in [7, 11) is 0. The molecule has 27 heavy (non-hydrogen) atoms. The van der Waals surface area contributed by atoms with E-state index in [-0.39, 0.29) is 0 Å². The molecule has 0 saturated heterocycles. The van der Waals surface area contributed by atoms with Crippen LogP contribution in [0.3, 0.4) is 0 Å². The molecule has 0 unspecified atom stereocenters. The van der Waals surface area contributed by atoms with Crippen molar-refractivity contribution in [2.45, 2.75) is 50.6 Å². The van der Waals surface area contributed by atoms with Gasteiger partial charge >= 0.3 is 0 Å². The molecule has 5 rings (SSSR count). The Balaban J connectivity index is 1.74. The molecule has 5 nitrogen and oxygen atoms in total. The maximum absolute atomic E-state index is 9.94. The molecule has 2 aliphatic carbocycles. The molecule has 2 aliphatic rings. The van der Waals surface area contributed by atoms with Crippen molar-refractivity contribution in [3.05, 3.63) is 52.1 Å². The van der Waals surface area contributed by atoms with Crippen molar-refractivity contribution in [1.29, 1.82) is 5.26 Å². The van der Waals surface area contributed by atoms with E-state index in [4.69, 9.17) is 6.57 Å². The second kappa shape index (κ2) is 6.21. The SMILES string of the molecule is C#[N+]Cc1cnc(-c2c(C#N)c3ccc(C4CC4)cc3n2C2CCC2)nc1. The standard InChI is InChI=1S/C22H20N5/c1-24-11-14-12-25-22(26-13-14)21-19(10-23)18-8-7-16(15-5-6-15)9-20(18)27(21)17-3-2-4-17/h1,7-9,12-13,15,17H,2-6,11H2/q+1. The van der Waals surface area contributed by atoms with Gasteiger partial charge in [0, 0.05) is 23.8 Å². The highest BCUT2D eigenvalue weighted by Gasteiger charge is 2.30. The predicted octanol–water partition coefficient (Wildman–Crippen LogP) is 5.04. The summed E-state index contributed by atoms with van der Waals surface area (Å²) >= 11 is 0. The van der Waals surface area contributed by atoms with Gasteiger partial charge in [0.2, 0.25) is 0 Å². The summed E-state index contributed by atoms with van der Waals surface area (Å²) in [5.41, 5.74) is 4.93. The Morgan fingerprint density at radius 1 is 1.19 bits per heavy atom. The second-order valence-electron chi connectivity index (χ2n) is 7.60. The summed E-state index contributed by atoms with van der Waals surface area (Å²) in [5.74, 6) is 1.28. The van der Waals surface area contributed by atoms with Crippen molar-refractivity contribution in [1.82, 2.24) is 14.5 Å². The number of rotatable bonds is 4. The molecule has 0 N–H and O–H groups in total. The van der Waals surface area contributed by atoms with Crippen molar-refractivity contribution >= 4 is 10.9 Å². The largest absolute Gasteiger partial charge is 0.334 e. The molecule has 2 saturated carbocycles. The Kier molecular flexibility index (Phi) is 3.69. The number of aromatic nitrogens is 3. The van der Waals surface area contributed by atoms with Crippen LogP contribution in [0.15, 0.2) is 30.6 Å². The predicted molar refractivity (Wildman–Crippen MR) is 105 cm³/mol. The third kappa shape index (κ3) is 2.59. The Morgan fingerprint density at radius 2 is 1.96 bits per heavy atom. The molecule has 0 aliphatic heterocycles. The van der Waals surface area contributed by atoms with E-state index in [1.54, 1.807) is 12.4 Å². The first-order chi connectivity index (χ1) is 13.3. The first-order valence-corrected chi connectivity index (χ1v) is 9.56. The fourth-order valence-corrected chi connectivity index (χ4v) is 4.02. The summed E-state index contributed by atoms with van der Waals surface area (Å²) in [4.78, 5) is 12.7. The molecule has 2 fully saturated rings. The summed E-state index contributed by atoms with van der Waals surface area (Å²) in [6.45, 7) is 5.65. The number of fused-ring (bicyclic) bond motifs is 1. The Labute approximate surface area is 158 Å². The third-order valence-corrected chi connectivity index (χ3v) is 5.82. The molecule has 2 aromatic heterocycles. The maximum Gasteiger partial charge on any atom is 0.291 e. The van der Waals surface area contributed by atoms with Crippen LogP contribution < -0.4 is 0 Å². The van der Waals surface area contributed by atoms with E-state index in [2.05, 4.69) is 43.6 Å². The van der Waals surface area contributed by atoms with Gasteiger partial charge in [0.25, 0.3) is 13.1 Å². The lowest BCUT2D eigenvalue weighted by molar-refractivity contribution is 0.323. The second-order valence-corrected chi connectivity index (χ2v) is 7.60. The number of nitriles is 1. The molecule has 5 heteroatoms. The third-order valence-electron chi connectivity index (χ3n) is 5.82. The van der Waals surface area contributed by atoms with E-state index >= 15 is 0 Å². The van der Waals surface area contributed by atoms with Gasteiger partial charge in [-0.1, -0.05) is 17.0 Å². The minimum atomic E-state index is 0.391. The Hall–Kier alpha value is -3.18. The summed E-state index contributed by atoms with van der Waals surface area (Å²) in [6, 6.07) is 9.43. The molecule has 0 atom stereocenters. The molecular weight excluding hydrogens is 334 g/mol. The minimum absolute atomic E-state index is 0.391. The normalized spacial score (nSPS) is 16.7. The first kappa shape index (κ1) is 16.0. The molecule has 1 aromatic carbocycles. The average molecular weight is 354 g/mol. The topological polar surface area (TPSA) is 58.9 Å². The van der Waals surface area contributed by atoms with Crippen molar-refractivity contribution in [3.8, 4) is 24.2 Å². The van der Waals surface area contributed by atoms with Gasteiger partial charge < -0.3 is 4.57 Å². The van der Waals surface area contributed by atoms with Gasteiger partial charge in [-0.25, -0.2) is 9.97 Å². The fourth-order valence-electron chi connectivity index (χ4n) is 4.02. The molecule has 0 radical (unpaired) electrons. The summed E-state index contributed by atoms with van der Waals surface area (Å²) in [6.07, 6.45) is 9.54. The van der Waals surface area contributed by atoms with E-state index < -0.39 is 0 Å². The van der Waals surface area contributed by atoms with Gasteiger partial charge in [-0.05, 0) is 49.7 Å². The molecule has 132 valence electrons. The van der Waals surface area contributed by atoms with Crippen molar-refractivity contribution in [3.63, 3.8) is 0 Å². The number of hydrogen-bond donors (Lipinski definition) is 0. The maximum atomic E-state index is 9.94. The van der Waals surface area contributed by atoms with Crippen LogP contribution in [0, 0.1) is 17.9 Å². The lowest BCUT2D eigenvalue weighted by Crippen LogP contribution is -2.18. The van der Waals surface area contributed by atoms with E-state index in [0.29, 0.717) is 29.9 Å². The van der Waals surface area contributed by atoms with Crippen molar-refractivity contribution < 1.29 is 0 Å². The van der Waals surface area contributed by atoms with Gasteiger partial charge in [0.1, 0.15) is 11.8 Å². The monoisotopic (exact) mass is 354 g/mol. The minimum Gasteiger partial charge on any atom is -0.334 e.